The predicted octanol–water partition coefficient (Wildman–Crippen LogP) is 5.66. The maximum absolute atomic E-state index is 12.7. The fourth-order valence-electron chi connectivity index (χ4n) is 3.65. The number of hydrazone groups is 1. The van der Waals surface area contributed by atoms with Crippen molar-refractivity contribution in [3.05, 3.63) is 59.2 Å². The van der Waals surface area contributed by atoms with Crippen molar-refractivity contribution in [2.45, 2.75) is 40.0 Å². The minimum Gasteiger partial charge on any atom is -0.490 e. The van der Waals surface area contributed by atoms with Crippen LogP contribution >= 0.6 is 11.8 Å². The summed E-state index contributed by atoms with van der Waals surface area (Å²) in [5.41, 5.74) is 1.96. The number of thioether (sulfide) groups is 1. The second-order valence-corrected chi connectivity index (χ2v) is 9.26. The Bertz CT molecular complexity index is 1240. The molecular formula is C27H30N4O4S. The van der Waals surface area contributed by atoms with Crippen LogP contribution in [0.4, 0.5) is 0 Å². The van der Waals surface area contributed by atoms with Crippen LogP contribution in [0.25, 0.3) is 6.08 Å². The molecule has 2 aromatic carbocycles. The molecule has 2 aromatic rings. The van der Waals surface area contributed by atoms with Gasteiger partial charge in [-0.25, -0.2) is 0 Å². The number of ether oxygens (including phenoxy) is 3. The number of carbonyl (C=O) groups excluding carboxylic acids is 1. The maximum atomic E-state index is 12.7. The number of amidine groups is 2. The largest absolute Gasteiger partial charge is 0.490 e. The lowest BCUT2D eigenvalue weighted by atomic mass is 10.1. The third kappa shape index (κ3) is 5.96. The van der Waals surface area contributed by atoms with Gasteiger partial charge in [0.2, 0.25) is 5.17 Å². The van der Waals surface area contributed by atoms with E-state index >= 15 is 0 Å². The van der Waals surface area contributed by atoms with E-state index in [1.807, 2.05) is 44.2 Å². The molecule has 2 heterocycles. The number of hydrogen-bond acceptors (Lipinski definition) is 7. The highest BCUT2D eigenvalue weighted by Gasteiger charge is 2.35. The summed E-state index contributed by atoms with van der Waals surface area (Å²) in [6.07, 6.45) is 4.51. The summed E-state index contributed by atoms with van der Waals surface area (Å²) in [7, 11) is 0. The van der Waals surface area contributed by atoms with E-state index in [-0.39, 0.29) is 11.4 Å². The van der Waals surface area contributed by atoms with Crippen LogP contribution < -0.4 is 14.2 Å². The number of hydrogen-bond donors (Lipinski definition) is 1. The minimum atomic E-state index is -0.447. The smallest absolute Gasteiger partial charge is 0.283 e. The lowest BCUT2D eigenvalue weighted by molar-refractivity contribution is -0.114. The molecule has 0 radical (unpaired) electrons. The summed E-state index contributed by atoms with van der Waals surface area (Å²) < 4.78 is 17.5. The number of carbonyl (C=O) groups is 1. The van der Waals surface area contributed by atoms with Crippen LogP contribution in [-0.4, -0.2) is 46.8 Å². The van der Waals surface area contributed by atoms with Crippen LogP contribution in [0.3, 0.4) is 0 Å². The van der Waals surface area contributed by atoms with Crippen LogP contribution in [0.1, 0.15) is 44.2 Å². The van der Waals surface area contributed by atoms with Crippen molar-refractivity contribution in [3.63, 3.8) is 0 Å². The lowest BCUT2D eigenvalue weighted by Crippen LogP contribution is -2.35. The van der Waals surface area contributed by atoms with Crippen LogP contribution in [-0.2, 0) is 4.79 Å². The van der Waals surface area contributed by atoms with E-state index in [4.69, 9.17) is 19.6 Å². The Hall–Kier alpha value is -3.59. The maximum Gasteiger partial charge on any atom is 0.283 e. The van der Waals surface area contributed by atoms with E-state index < -0.39 is 5.91 Å². The first kappa shape index (κ1) is 25.5. The van der Waals surface area contributed by atoms with Gasteiger partial charge in [0.15, 0.2) is 17.3 Å². The van der Waals surface area contributed by atoms with Crippen molar-refractivity contribution in [2.24, 2.45) is 10.1 Å². The fourth-order valence-corrected chi connectivity index (χ4v) is 4.58. The Balaban J connectivity index is 1.46. The Morgan fingerprint density at radius 2 is 1.81 bits per heavy atom. The monoisotopic (exact) mass is 506 g/mol. The van der Waals surface area contributed by atoms with Crippen molar-refractivity contribution in [1.29, 1.82) is 5.41 Å². The topological polar surface area (TPSA) is 96.6 Å². The van der Waals surface area contributed by atoms with Crippen LogP contribution in [0, 0.1) is 12.3 Å². The summed E-state index contributed by atoms with van der Waals surface area (Å²) in [5.74, 6) is 1.54. The Kier molecular flexibility index (Phi) is 8.43. The van der Waals surface area contributed by atoms with E-state index in [1.54, 1.807) is 18.2 Å². The van der Waals surface area contributed by atoms with Gasteiger partial charge in [0.25, 0.3) is 5.91 Å². The third-order valence-electron chi connectivity index (χ3n) is 5.51. The lowest BCUT2D eigenvalue weighted by Gasteiger charge is -2.20. The number of benzene rings is 2. The number of nitrogens with one attached hydrogen (secondary N) is 1. The Labute approximate surface area is 215 Å². The molecule has 36 heavy (non-hydrogen) atoms. The number of para-hydroxylation sites is 1. The number of fused-ring (bicyclic) bond motifs is 1. The van der Waals surface area contributed by atoms with E-state index in [0.29, 0.717) is 42.1 Å². The molecule has 4 rings (SSSR count). The van der Waals surface area contributed by atoms with Gasteiger partial charge in [-0.3, -0.25) is 10.2 Å². The third-order valence-corrected chi connectivity index (χ3v) is 6.48. The molecule has 9 heteroatoms. The summed E-state index contributed by atoms with van der Waals surface area (Å²) in [6.45, 7) is 7.21. The molecule has 0 atom stereocenters. The van der Waals surface area contributed by atoms with E-state index in [1.165, 1.54) is 16.8 Å². The molecule has 1 N–H and O–H groups in total. The summed E-state index contributed by atoms with van der Waals surface area (Å²) >= 11 is 1.36. The molecular weight excluding hydrogens is 476 g/mol. The first-order chi connectivity index (χ1) is 17.5. The molecule has 2 aliphatic rings. The number of aliphatic imine (C=N–C) groups is 1. The van der Waals surface area contributed by atoms with Crippen LogP contribution in [0.5, 0.6) is 17.2 Å². The second kappa shape index (κ2) is 11.9. The molecule has 8 nitrogen and oxygen atoms in total. The quantitative estimate of drug-likeness (QED) is 0.312. The minimum absolute atomic E-state index is 0.0237. The average Bonchev–Trinajstić information content (AvgIpc) is 3.28. The highest BCUT2D eigenvalue weighted by Crippen LogP contribution is 2.32. The fraction of sp³-hybridized carbons (Fsp3) is 0.333. The predicted molar refractivity (Wildman–Crippen MR) is 144 cm³/mol. The summed E-state index contributed by atoms with van der Waals surface area (Å²) in [6, 6.07) is 13.2. The highest BCUT2D eigenvalue weighted by molar-refractivity contribution is 8.26. The zero-order valence-electron chi connectivity index (χ0n) is 20.7. The number of nitrogens with zero attached hydrogens (tertiary/aromatic N) is 3. The van der Waals surface area contributed by atoms with Crippen molar-refractivity contribution in [3.8, 4) is 17.2 Å². The van der Waals surface area contributed by atoms with Crippen LogP contribution in [0.15, 0.2) is 58.1 Å². The molecule has 1 amide bonds. The van der Waals surface area contributed by atoms with E-state index in [0.717, 1.165) is 35.6 Å². The molecule has 0 saturated heterocycles. The molecule has 0 spiro atoms. The zero-order valence-corrected chi connectivity index (χ0v) is 21.6. The SMILES string of the molecule is CCCCC1=NN2C(=N)C(=Cc3ccc(OCCOc4ccccc4C)c(OCC)c3)C(=O)N=C2S1. The molecule has 0 aliphatic carbocycles. The summed E-state index contributed by atoms with van der Waals surface area (Å²) in [5, 5.41) is 15.8. The molecule has 0 bridgehead atoms. The molecule has 188 valence electrons. The van der Waals surface area contributed by atoms with Gasteiger partial charge >= 0.3 is 0 Å². The average molecular weight is 507 g/mol. The Morgan fingerprint density at radius 1 is 1.03 bits per heavy atom. The van der Waals surface area contributed by atoms with Crippen molar-refractivity contribution in [1.82, 2.24) is 5.01 Å². The van der Waals surface area contributed by atoms with Gasteiger partial charge in [0.1, 0.15) is 24.0 Å². The Morgan fingerprint density at radius 3 is 2.56 bits per heavy atom. The van der Waals surface area contributed by atoms with Gasteiger partial charge in [-0.15, -0.1) is 0 Å². The molecule has 2 aliphatic heterocycles. The van der Waals surface area contributed by atoms with Gasteiger partial charge in [0.05, 0.1) is 12.2 Å². The van der Waals surface area contributed by atoms with Crippen molar-refractivity contribution in [2.75, 3.05) is 19.8 Å². The summed E-state index contributed by atoms with van der Waals surface area (Å²) in [4.78, 5) is 16.9. The van der Waals surface area contributed by atoms with Gasteiger partial charge in [-0.2, -0.15) is 15.1 Å². The first-order valence-corrected chi connectivity index (χ1v) is 12.9. The van der Waals surface area contributed by atoms with Gasteiger partial charge in [0, 0.05) is 0 Å². The van der Waals surface area contributed by atoms with Gasteiger partial charge in [-0.1, -0.05) is 37.6 Å². The molecule has 0 saturated carbocycles. The highest BCUT2D eigenvalue weighted by atomic mass is 32.2. The molecule has 0 unspecified atom stereocenters. The molecule has 0 aromatic heterocycles. The number of rotatable bonds is 11. The second-order valence-electron chi connectivity index (χ2n) is 8.22. The number of aryl methyl sites for hydroxylation is 1. The van der Waals surface area contributed by atoms with Crippen molar-refractivity contribution < 1.29 is 19.0 Å². The van der Waals surface area contributed by atoms with Crippen LogP contribution in [0.2, 0.25) is 0 Å². The van der Waals surface area contributed by atoms with Gasteiger partial charge < -0.3 is 14.2 Å². The standard InChI is InChI=1S/C27H30N4O4S/c1-4-6-11-24-30-31-25(28)20(26(32)29-27(31)36-24)16-19-12-13-22(23(17-19)33-5-2)35-15-14-34-21-10-8-7-9-18(21)3/h7-10,12-13,16-17,28H,4-6,11,14-15H2,1-3H3. The normalized spacial score (nSPS) is 16.1. The first-order valence-electron chi connectivity index (χ1n) is 12.1. The number of unbranched alkanes of at least 4 members (excludes halogenated alkanes) is 1. The van der Waals surface area contributed by atoms with E-state index in [2.05, 4.69) is 17.0 Å². The molecule has 0 fully saturated rings. The zero-order chi connectivity index (χ0) is 25.5. The number of amides is 1. The van der Waals surface area contributed by atoms with Gasteiger partial charge in [-0.05, 0) is 73.9 Å². The van der Waals surface area contributed by atoms with E-state index in [9.17, 15) is 4.79 Å². The van der Waals surface area contributed by atoms with Crippen molar-refractivity contribution >= 4 is 39.8 Å².